The lowest BCUT2D eigenvalue weighted by molar-refractivity contribution is 0.0494. The maximum Gasteiger partial charge on any atom is 0.0700 e. The third kappa shape index (κ3) is 6.69. The van der Waals surface area contributed by atoms with E-state index in [0.717, 1.165) is 19.7 Å². The first kappa shape index (κ1) is 15.9. The van der Waals surface area contributed by atoms with Crippen molar-refractivity contribution in [1.82, 2.24) is 10.2 Å². The Bertz CT molecular complexity index is 194. The summed E-state index contributed by atoms with van der Waals surface area (Å²) in [6, 6.07) is 1.25. The number of hydrogen-bond acceptors (Lipinski definition) is 4. The highest BCUT2D eigenvalue weighted by atomic mass is 16.5. The van der Waals surface area contributed by atoms with Crippen molar-refractivity contribution in [3.8, 4) is 0 Å². The van der Waals surface area contributed by atoms with Gasteiger partial charge in [-0.2, -0.15) is 0 Å². The van der Waals surface area contributed by atoms with Crippen LogP contribution in [0.15, 0.2) is 0 Å². The highest BCUT2D eigenvalue weighted by Gasteiger charge is 2.18. The van der Waals surface area contributed by atoms with Crippen molar-refractivity contribution in [2.45, 2.75) is 45.2 Å². The maximum atomic E-state index is 5.56. The van der Waals surface area contributed by atoms with Gasteiger partial charge >= 0.3 is 0 Å². The van der Waals surface area contributed by atoms with Crippen LogP contribution < -0.4 is 5.32 Å². The van der Waals surface area contributed by atoms with E-state index in [4.69, 9.17) is 9.47 Å². The fourth-order valence-electron chi connectivity index (χ4n) is 2.35. The van der Waals surface area contributed by atoms with Crippen molar-refractivity contribution < 1.29 is 9.47 Å². The number of rotatable bonds is 9. The van der Waals surface area contributed by atoms with E-state index >= 15 is 0 Å². The van der Waals surface area contributed by atoms with Crippen LogP contribution in [0, 0.1) is 0 Å². The average molecular weight is 258 g/mol. The van der Waals surface area contributed by atoms with Gasteiger partial charge in [0.25, 0.3) is 0 Å². The number of nitrogens with one attached hydrogen (secondary N) is 1. The number of piperidine rings is 1. The van der Waals surface area contributed by atoms with Crippen molar-refractivity contribution in [2.24, 2.45) is 0 Å². The Morgan fingerprint density at radius 1 is 1.22 bits per heavy atom. The van der Waals surface area contributed by atoms with Gasteiger partial charge in [0.05, 0.1) is 19.8 Å². The van der Waals surface area contributed by atoms with E-state index in [9.17, 15) is 0 Å². The Morgan fingerprint density at radius 2 is 2.06 bits per heavy atom. The summed E-state index contributed by atoms with van der Waals surface area (Å²) in [5.74, 6) is 0. The molecule has 1 atom stereocenters. The Kier molecular flexibility index (Phi) is 8.59. The molecule has 1 rings (SSSR count). The molecule has 0 aromatic heterocycles. The van der Waals surface area contributed by atoms with Crippen LogP contribution in [0.1, 0.15) is 33.1 Å². The molecule has 18 heavy (non-hydrogen) atoms. The molecule has 1 N–H and O–H groups in total. The number of methoxy groups -OCH3 is 1. The lowest BCUT2D eigenvalue weighted by Gasteiger charge is -2.33. The van der Waals surface area contributed by atoms with Gasteiger partial charge in [-0.3, -0.25) is 4.90 Å². The molecule has 4 heteroatoms. The number of nitrogens with zero attached hydrogens (tertiary/aromatic N) is 1. The molecule has 1 unspecified atom stereocenters. The van der Waals surface area contributed by atoms with Crippen LogP contribution >= 0.6 is 0 Å². The first-order valence-electron chi connectivity index (χ1n) is 7.28. The predicted molar refractivity (Wildman–Crippen MR) is 75.0 cm³/mol. The van der Waals surface area contributed by atoms with E-state index in [1.54, 1.807) is 7.11 Å². The summed E-state index contributed by atoms with van der Waals surface area (Å²) in [5, 5.41) is 3.61. The lowest BCUT2D eigenvalue weighted by Crippen LogP contribution is -2.46. The van der Waals surface area contributed by atoms with Crippen molar-refractivity contribution in [2.75, 3.05) is 46.6 Å². The zero-order chi connectivity index (χ0) is 13.2. The Hall–Kier alpha value is -0.160. The van der Waals surface area contributed by atoms with E-state index in [0.29, 0.717) is 25.3 Å². The Balaban J connectivity index is 2.17. The SMILES string of the molecule is COCCOCCN(CC1CCCCN1)C(C)C. The Labute approximate surface area is 112 Å². The molecule has 0 amide bonds. The molecule has 0 radical (unpaired) electrons. The van der Waals surface area contributed by atoms with Gasteiger partial charge in [-0.15, -0.1) is 0 Å². The van der Waals surface area contributed by atoms with E-state index in [1.807, 2.05) is 0 Å². The molecule has 108 valence electrons. The van der Waals surface area contributed by atoms with Crippen LogP contribution in [-0.4, -0.2) is 63.5 Å². The maximum absolute atomic E-state index is 5.56. The quantitative estimate of drug-likeness (QED) is 0.636. The van der Waals surface area contributed by atoms with Crippen molar-refractivity contribution in [3.05, 3.63) is 0 Å². The molecule has 1 saturated heterocycles. The fourth-order valence-corrected chi connectivity index (χ4v) is 2.35. The standard InChI is InChI=1S/C14H30N2O2/c1-13(2)16(8-9-18-11-10-17-3)12-14-6-4-5-7-15-14/h13-15H,4-12H2,1-3H3. The summed E-state index contributed by atoms with van der Waals surface area (Å²) >= 11 is 0. The molecular weight excluding hydrogens is 228 g/mol. The second-order valence-corrected chi connectivity index (χ2v) is 5.34. The normalized spacial score (nSPS) is 20.8. The number of ether oxygens (including phenoxy) is 2. The number of hydrogen-bond donors (Lipinski definition) is 1. The van der Waals surface area contributed by atoms with E-state index < -0.39 is 0 Å². The molecule has 0 aromatic rings. The zero-order valence-corrected chi connectivity index (χ0v) is 12.3. The van der Waals surface area contributed by atoms with Gasteiger partial charge in [0.1, 0.15) is 0 Å². The summed E-state index contributed by atoms with van der Waals surface area (Å²) in [5.41, 5.74) is 0. The van der Waals surface area contributed by atoms with Gasteiger partial charge in [0.2, 0.25) is 0 Å². The zero-order valence-electron chi connectivity index (χ0n) is 12.3. The largest absolute Gasteiger partial charge is 0.382 e. The van der Waals surface area contributed by atoms with Gasteiger partial charge < -0.3 is 14.8 Å². The summed E-state index contributed by atoms with van der Waals surface area (Å²) in [6.07, 6.45) is 4.01. The van der Waals surface area contributed by atoms with Crippen LogP contribution in [0.4, 0.5) is 0 Å². The van der Waals surface area contributed by atoms with Crippen molar-refractivity contribution >= 4 is 0 Å². The van der Waals surface area contributed by atoms with E-state index in [1.165, 1.54) is 25.8 Å². The third-order valence-electron chi connectivity index (χ3n) is 3.55. The fraction of sp³-hybridized carbons (Fsp3) is 1.00. The minimum Gasteiger partial charge on any atom is -0.382 e. The van der Waals surface area contributed by atoms with Crippen LogP contribution in [0.5, 0.6) is 0 Å². The first-order valence-corrected chi connectivity index (χ1v) is 7.28. The lowest BCUT2D eigenvalue weighted by atomic mass is 10.0. The summed E-state index contributed by atoms with van der Waals surface area (Å²) < 4.78 is 10.5. The molecule has 0 saturated carbocycles. The molecule has 0 bridgehead atoms. The molecular formula is C14H30N2O2. The van der Waals surface area contributed by atoms with Gasteiger partial charge in [0, 0.05) is 32.3 Å². The van der Waals surface area contributed by atoms with Crippen LogP contribution in [-0.2, 0) is 9.47 Å². The monoisotopic (exact) mass is 258 g/mol. The second-order valence-electron chi connectivity index (χ2n) is 5.34. The third-order valence-corrected chi connectivity index (χ3v) is 3.55. The summed E-state index contributed by atoms with van der Waals surface area (Å²) in [7, 11) is 1.71. The molecule has 1 aliphatic heterocycles. The smallest absolute Gasteiger partial charge is 0.0700 e. The highest BCUT2D eigenvalue weighted by molar-refractivity contribution is 4.77. The van der Waals surface area contributed by atoms with Gasteiger partial charge in [-0.25, -0.2) is 0 Å². The minimum atomic E-state index is 0.583. The molecule has 0 aromatic carbocycles. The minimum absolute atomic E-state index is 0.583. The predicted octanol–water partition coefficient (Wildman–Crippen LogP) is 1.50. The highest BCUT2D eigenvalue weighted by Crippen LogP contribution is 2.10. The topological polar surface area (TPSA) is 33.7 Å². The van der Waals surface area contributed by atoms with Gasteiger partial charge in [-0.1, -0.05) is 6.42 Å². The summed E-state index contributed by atoms with van der Waals surface area (Å²) in [6.45, 7) is 10.0. The molecule has 0 spiro atoms. The average Bonchev–Trinajstić information content (AvgIpc) is 2.38. The van der Waals surface area contributed by atoms with Crippen molar-refractivity contribution in [3.63, 3.8) is 0 Å². The van der Waals surface area contributed by atoms with Gasteiger partial charge in [-0.05, 0) is 33.2 Å². The van der Waals surface area contributed by atoms with Crippen molar-refractivity contribution in [1.29, 1.82) is 0 Å². The molecule has 1 heterocycles. The van der Waals surface area contributed by atoms with Crippen LogP contribution in [0.25, 0.3) is 0 Å². The molecule has 0 aliphatic carbocycles. The second kappa shape index (κ2) is 9.73. The first-order chi connectivity index (χ1) is 8.74. The van der Waals surface area contributed by atoms with E-state index in [2.05, 4.69) is 24.1 Å². The molecule has 1 fully saturated rings. The van der Waals surface area contributed by atoms with E-state index in [-0.39, 0.29) is 0 Å². The molecule has 1 aliphatic rings. The van der Waals surface area contributed by atoms with Gasteiger partial charge in [0.15, 0.2) is 0 Å². The summed E-state index contributed by atoms with van der Waals surface area (Å²) in [4.78, 5) is 2.51. The Morgan fingerprint density at radius 3 is 2.67 bits per heavy atom. The van der Waals surface area contributed by atoms with Crippen LogP contribution in [0.2, 0.25) is 0 Å². The van der Waals surface area contributed by atoms with Crippen LogP contribution in [0.3, 0.4) is 0 Å². The molecule has 4 nitrogen and oxygen atoms in total.